The van der Waals surface area contributed by atoms with Crippen LogP contribution in [0.4, 0.5) is 9.59 Å². The first-order chi connectivity index (χ1) is 8.18. The van der Waals surface area contributed by atoms with E-state index >= 15 is 0 Å². The van der Waals surface area contributed by atoms with Gasteiger partial charge in [0.1, 0.15) is 6.61 Å². The van der Waals surface area contributed by atoms with E-state index < -0.39 is 6.09 Å². The third kappa shape index (κ3) is 2.56. The molecule has 0 bridgehead atoms. The van der Waals surface area contributed by atoms with Crippen molar-refractivity contribution in [3.05, 3.63) is 42.0 Å². The predicted octanol–water partition coefficient (Wildman–Crippen LogP) is 1.27. The van der Waals surface area contributed by atoms with E-state index in [9.17, 15) is 9.59 Å². The lowest BCUT2D eigenvalue weighted by atomic mass is 10.1. The van der Waals surface area contributed by atoms with E-state index in [4.69, 9.17) is 4.74 Å². The van der Waals surface area contributed by atoms with Crippen LogP contribution in [0.1, 0.15) is 5.56 Å². The van der Waals surface area contributed by atoms with Crippen LogP contribution in [0.5, 0.6) is 0 Å². The summed E-state index contributed by atoms with van der Waals surface area (Å²) in [5, 5.41) is 0. The molecule has 17 heavy (non-hydrogen) atoms. The van der Waals surface area contributed by atoms with E-state index in [1.807, 2.05) is 42.5 Å². The summed E-state index contributed by atoms with van der Waals surface area (Å²) < 4.78 is 4.84. The zero-order chi connectivity index (χ0) is 12.3. The number of amides is 2. The molecule has 0 aliphatic carbocycles. The van der Waals surface area contributed by atoms with Crippen LogP contribution >= 0.6 is 0 Å². The molecule has 1 atom stereocenters. The molecule has 0 spiro atoms. The van der Waals surface area contributed by atoms with Crippen molar-refractivity contribution in [1.29, 1.82) is 0 Å². The predicted molar refractivity (Wildman–Crippen MR) is 66.4 cm³/mol. The third-order valence-electron chi connectivity index (χ3n) is 2.56. The fraction of sp³-hybridized carbons (Fsp3) is 0.167. The van der Waals surface area contributed by atoms with Gasteiger partial charge in [-0.25, -0.2) is 9.69 Å². The summed E-state index contributed by atoms with van der Waals surface area (Å²) in [5.41, 5.74) is 1.02. The van der Waals surface area contributed by atoms with Crippen molar-refractivity contribution in [3.63, 3.8) is 0 Å². The van der Waals surface area contributed by atoms with Gasteiger partial charge in [-0.1, -0.05) is 42.5 Å². The van der Waals surface area contributed by atoms with Gasteiger partial charge in [-0.15, -0.1) is 0 Å². The molecule has 0 saturated carbocycles. The molecule has 4 nitrogen and oxygen atoms in total. The lowest BCUT2D eigenvalue weighted by Gasteiger charge is -2.14. The van der Waals surface area contributed by atoms with Crippen molar-refractivity contribution in [2.45, 2.75) is 6.04 Å². The average molecular weight is 229 g/mol. The summed E-state index contributed by atoms with van der Waals surface area (Å²) in [5.74, 6) is -0.296. The first kappa shape index (κ1) is 11.5. The molecule has 1 fully saturated rings. The van der Waals surface area contributed by atoms with E-state index in [1.165, 1.54) is 7.85 Å². The Kier molecular flexibility index (Phi) is 3.28. The van der Waals surface area contributed by atoms with Crippen LogP contribution in [-0.2, 0) is 4.74 Å². The molecule has 2 rings (SSSR count). The third-order valence-corrected chi connectivity index (χ3v) is 2.56. The summed E-state index contributed by atoms with van der Waals surface area (Å²) in [4.78, 5) is 23.7. The molecule has 1 aliphatic rings. The zero-order valence-electron chi connectivity index (χ0n) is 9.50. The first-order valence-electron chi connectivity index (χ1n) is 5.38. The van der Waals surface area contributed by atoms with Gasteiger partial charge in [0, 0.05) is 0 Å². The Hall–Kier alpha value is -2.04. The second kappa shape index (κ2) is 4.87. The van der Waals surface area contributed by atoms with Crippen LogP contribution < -0.4 is 0 Å². The summed E-state index contributed by atoms with van der Waals surface area (Å²) in [6.07, 6.45) is 3.12. The molecule has 0 radical (unpaired) electrons. The second-order valence-corrected chi connectivity index (χ2v) is 3.80. The average Bonchev–Trinajstić information content (AvgIpc) is 2.69. The van der Waals surface area contributed by atoms with Crippen molar-refractivity contribution in [2.24, 2.45) is 0 Å². The van der Waals surface area contributed by atoms with Crippen molar-refractivity contribution < 1.29 is 14.3 Å². The SMILES string of the molecule is BC(=O)N1C(=O)OC[C@@H]1/C=C/c1ccccc1. The molecule has 0 unspecified atom stereocenters. The van der Waals surface area contributed by atoms with Gasteiger partial charge in [-0.3, -0.25) is 4.79 Å². The van der Waals surface area contributed by atoms with E-state index in [0.29, 0.717) is 0 Å². The number of carbonyl (C=O) groups is 2. The van der Waals surface area contributed by atoms with E-state index in [-0.39, 0.29) is 18.5 Å². The van der Waals surface area contributed by atoms with Gasteiger partial charge in [0.05, 0.1) is 6.04 Å². The Morgan fingerprint density at radius 2 is 2.12 bits per heavy atom. The Bertz CT molecular complexity index is 458. The largest absolute Gasteiger partial charge is 0.447 e. The molecular formula is C12H12BNO3. The van der Waals surface area contributed by atoms with Crippen LogP contribution in [0.3, 0.4) is 0 Å². The number of rotatable bonds is 2. The lowest BCUT2D eigenvalue weighted by molar-refractivity contribution is 0.163. The monoisotopic (exact) mass is 229 g/mol. The molecule has 1 aromatic rings. The van der Waals surface area contributed by atoms with Crippen LogP contribution in [0.2, 0.25) is 0 Å². The summed E-state index contributed by atoms with van der Waals surface area (Å²) in [7, 11) is 1.36. The van der Waals surface area contributed by atoms with E-state index in [0.717, 1.165) is 10.5 Å². The Morgan fingerprint density at radius 3 is 2.76 bits per heavy atom. The van der Waals surface area contributed by atoms with Gasteiger partial charge in [0.2, 0.25) is 7.85 Å². The van der Waals surface area contributed by atoms with Gasteiger partial charge in [-0.05, 0) is 5.56 Å². The summed E-state index contributed by atoms with van der Waals surface area (Å²) in [6.45, 7) is 0.224. The van der Waals surface area contributed by atoms with Crippen LogP contribution in [0.15, 0.2) is 36.4 Å². The molecule has 0 N–H and O–H groups in total. The molecule has 2 amide bonds. The Morgan fingerprint density at radius 1 is 1.41 bits per heavy atom. The number of hydrogen-bond donors (Lipinski definition) is 0. The van der Waals surface area contributed by atoms with Crippen LogP contribution in [0, 0.1) is 0 Å². The highest BCUT2D eigenvalue weighted by molar-refractivity contribution is 6.58. The zero-order valence-corrected chi connectivity index (χ0v) is 9.50. The highest BCUT2D eigenvalue weighted by Gasteiger charge is 2.33. The molecular weight excluding hydrogens is 217 g/mol. The van der Waals surface area contributed by atoms with E-state index in [2.05, 4.69) is 0 Å². The maximum absolute atomic E-state index is 11.3. The highest BCUT2D eigenvalue weighted by atomic mass is 16.6. The summed E-state index contributed by atoms with van der Waals surface area (Å²) >= 11 is 0. The molecule has 1 aliphatic heterocycles. The number of cyclic esters (lactones) is 1. The van der Waals surface area contributed by atoms with Crippen molar-refractivity contribution in [3.8, 4) is 0 Å². The number of nitrogens with zero attached hydrogens (tertiary/aromatic N) is 1. The second-order valence-electron chi connectivity index (χ2n) is 3.80. The molecule has 1 heterocycles. The highest BCUT2D eigenvalue weighted by Crippen LogP contribution is 2.15. The maximum Gasteiger partial charge on any atom is 0.416 e. The normalized spacial score (nSPS) is 19.6. The number of benzene rings is 1. The summed E-state index contributed by atoms with van der Waals surface area (Å²) in [6, 6.07) is 9.39. The minimum absolute atomic E-state index is 0.224. The lowest BCUT2D eigenvalue weighted by Crippen LogP contribution is -2.36. The molecule has 1 aromatic carbocycles. The van der Waals surface area contributed by atoms with Crippen molar-refractivity contribution >= 4 is 25.8 Å². The van der Waals surface area contributed by atoms with Gasteiger partial charge in [0.25, 0.3) is 0 Å². The smallest absolute Gasteiger partial charge is 0.416 e. The Labute approximate surface area is 100 Å². The van der Waals surface area contributed by atoms with Crippen molar-refractivity contribution in [2.75, 3.05) is 6.61 Å². The first-order valence-corrected chi connectivity index (χ1v) is 5.38. The van der Waals surface area contributed by atoms with Crippen molar-refractivity contribution in [1.82, 2.24) is 4.90 Å². The van der Waals surface area contributed by atoms with Crippen LogP contribution in [-0.4, -0.2) is 37.3 Å². The molecule has 5 heteroatoms. The molecule has 0 aromatic heterocycles. The fourth-order valence-electron chi connectivity index (χ4n) is 1.73. The standard InChI is InChI=1S/C12H12BNO3/c13-11(15)14-10(8-17-12(14)16)7-6-9-4-2-1-3-5-9/h1-7,10H,8,13H2/b7-6+/t10-/m0/s1. The van der Waals surface area contributed by atoms with Gasteiger partial charge in [0.15, 0.2) is 5.81 Å². The topological polar surface area (TPSA) is 46.6 Å². The van der Waals surface area contributed by atoms with Gasteiger partial charge >= 0.3 is 6.09 Å². The number of imide groups is 1. The molecule has 86 valence electrons. The van der Waals surface area contributed by atoms with Crippen LogP contribution in [0.25, 0.3) is 6.08 Å². The number of carbonyl (C=O) groups excluding carboxylic acids is 2. The maximum atomic E-state index is 11.3. The fourth-order valence-corrected chi connectivity index (χ4v) is 1.73. The van der Waals surface area contributed by atoms with Gasteiger partial charge < -0.3 is 4.74 Å². The minimum Gasteiger partial charge on any atom is -0.447 e. The van der Waals surface area contributed by atoms with E-state index in [1.54, 1.807) is 0 Å². The molecule has 1 saturated heterocycles. The number of hydrogen-bond acceptors (Lipinski definition) is 3. The minimum atomic E-state index is -0.569. The Balaban J connectivity index is 2.11. The van der Waals surface area contributed by atoms with Gasteiger partial charge in [-0.2, -0.15) is 0 Å². The number of ether oxygens (including phenoxy) is 1. The quantitative estimate of drug-likeness (QED) is 0.717.